The zero-order valence-corrected chi connectivity index (χ0v) is 21.4. The van der Waals surface area contributed by atoms with E-state index < -0.39 is 22.9 Å². The summed E-state index contributed by atoms with van der Waals surface area (Å²) in [5, 5.41) is 11.3. The topological polar surface area (TPSA) is 100 Å². The molecule has 0 radical (unpaired) electrons. The Kier molecular flexibility index (Phi) is 6.73. The van der Waals surface area contributed by atoms with Crippen LogP contribution < -0.4 is 4.90 Å². The molecule has 4 fully saturated rings. The monoisotopic (exact) mass is 525 g/mol. The van der Waals surface area contributed by atoms with E-state index in [1.54, 1.807) is 21.0 Å². The molecule has 1 N–H and O–H groups in total. The van der Waals surface area contributed by atoms with Crippen molar-refractivity contribution in [1.82, 2.24) is 14.9 Å². The Labute approximate surface area is 214 Å². The predicted octanol–water partition coefficient (Wildman–Crippen LogP) is 2.47. The predicted molar refractivity (Wildman–Crippen MR) is 128 cm³/mol. The molecule has 0 unspecified atom stereocenters. The number of anilines is 1. The van der Waals surface area contributed by atoms with Gasteiger partial charge in [0.05, 0.1) is 54.7 Å². The first-order chi connectivity index (χ1) is 17.4. The number of hydrogen-bond donors (Lipinski definition) is 1. The van der Waals surface area contributed by atoms with E-state index in [1.807, 2.05) is 9.80 Å². The van der Waals surface area contributed by atoms with E-state index >= 15 is 0 Å². The Hall–Kier alpha value is -2.31. The van der Waals surface area contributed by atoms with Crippen molar-refractivity contribution in [3.05, 3.63) is 18.1 Å². The van der Waals surface area contributed by atoms with Gasteiger partial charge in [-0.15, -0.1) is 0 Å². The molecule has 1 aromatic heterocycles. The van der Waals surface area contributed by atoms with E-state index in [0.717, 1.165) is 11.9 Å². The minimum Gasteiger partial charge on any atom is -0.389 e. The summed E-state index contributed by atoms with van der Waals surface area (Å²) in [6, 6.07) is -0.405. The molecule has 1 amide bonds. The Morgan fingerprint density at radius 1 is 1.27 bits per heavy atom. The lowest BCUT2D eigenvalue weighted by molar-refractivity contribution is -0.159. The number of amides is 1. The highest BCUT2D eigenvalue weighted by Crippen LogP contribution is 2.50. The number of fused-ring (bicyclic) bond motifs is 2. The standard InChI is InChI=1S/C25H34F3N5O4/c1-23(2,35)24(6-4-15(9-24)30-18-5-7-37-14-19(18)36-3)22(34)33-13-16-8-17(33)12-32(16)21-11-29-10-20(31-21)25(26,27)28/h10-11,15-17,19,35H,4-9,12-14H2,1-3H3/t15-,16+,17+,19-,24-/m1/s1. The van der Waals surface area contributed by atoms with Gasteiger partial charge in [-0.3, -0.25) is 14.8 Å². The van der Waals surface area contributed by atoms with Gasteiger partial charge in [-0.05, 0) is 39.5 Å². The molecule has 9 nitrogen and oxygen atoms in total. The van der Waals surface area contributed by atoms with Gasteiger partial charge in [-0.25, -0.2) is 4.98 Å². The maximum absolute atomic E-state index is 14.1. The molecule has 3 aliphatic heterocycles. The van der Waals surface area contributed by atoms with Gasteiger partial charge in [0.15, 0.2) is 5.69 Å². The second-order valence-electron chi connectivity index (χ2n) is 11.1. The third-order valence-corrected chi connectivity index (χ3v) is 8.55. The summed E-state index contributed by atoms with van der Waals surface area (Å²) in [4.78, 5) is 30.2. The summed E-state index contributed by atoms with van der Waals surface area (Å²) >= 11 is 0. The number of likely N-dealkylation sites (tertiary alicyclic amines) is 1. The Morgan fingerprint density at radius 2 is 2.05 bits per heavy atom. The van der Waals surface area contributed by atoms with Crippen molar-refractivity contribution in [2.24, 2.45) is 10.4 Å². The molecular weight excluding hydrogens is 491 g/mol. The minimum absolute atomic E-state index is 0.0970. The van der Waals surface area contributed by atoms with Crippen LogP contribution in [-0.2, 0) is 20.4 Å². The van der Waals surface area contributed by atoms with Crippen LogP contribution in [0.15, 0.2) is 17.4 Å². The normalized spacial score (nSPS) is 33.5. The first-order valence-corrected chi connectivity index (χ1v) is 12.8. The van der Waals surface area contributed by atoms with Crippen molar-refractivity contribution < 1.29 is 32.5 Å². The number of alkyl halides is 3. The average Bonchev–Trinajstić information content (AvgIpc) is 3.58. The van der Waals surface area contributed by atoms with Crippen molar-refractivity contribution in [2.45, 2.75) is 82.0 Å². The highest BCUT2D eigenvalue weighted by atomic mass is 19.4. The van der Waals surface area contributed by atoms with Crippen molar-refractivity contribution in [3.63, 3.8) is 0 Å². The smallest absolute Gasteiger partial charge is 0.389 e. The van der Waals surface area contributed by atoms with Gasteiger partial charge in [-0.2, -0.15) is 13.2 Å². The van der Waals surface area contributed by atoms with Gasteiger partial charge in [-0.1, -0.05) is 0 Å². The van der Waals surface area contributed by atoms with Gasteiger partial charge in [0, 0.05) is 32.3 Å². The number of piperazine rings is 1. The molecule has 12 heteroatoms. The number of ether oxygens (including phenoxy) is 2. The highest BCUT2D eigenvalue weighted by molar-refractivity contribution is 5.90. The van der Waals surface area contributed by atoms with Gasteiger partial charge >= 0.3 is 6.18 Å². The third-order valence-electron chi connectivity index (χ3n) is 8.55. The first-order valence-electron chi connectivity index (χ1n) is 12.8. The molecule has 1 aromatic rings. The summed E-state index contributed by atoms with van der Waals surface area (Å²) in [6.07, 6.45) is 0.259. The van der Waals surface area contributed by atoms with Crippen LogP contribution in [0.1, 0.15) is 51.6 Å². The Bertz CT molecular complexity index is 1060. The summed E-state index contributed by atoms with van der Waals surface area (Å²) < 4.78 is 50.4. The lowest BCUT2D eigenvalue weighted by Gasteiger charge is -2.44. The number of carbonyl (C=O) groups is 1. The van der Waals surface area contributed by atoms with Crippen molar-refractivity contribution in [2.75, 3.05) is 38.3 Å². The first kappa shape index (κ1) is 26.3. The largest absolute Gasteiger partial charge is 0.434 e. The van der Waals surface area contributed by atoms with Crippen LogP contribution in [0.3, 0.4) is 0 Å². The lowest BCUT2D eigenvalue weighted by Crippen LogP contribution is -2.58. The highest BCUT2D eigenvalue weighted by Gasteiger charge is 2.59. The summed E-state index contributed by atoms with van der Waals surface area (Å²) in [5.41, 5.74) is -2.33. The number of nitrogens with zero attached hydrogens (tertiary/aromatic N) is 5. The molecule has 1 saturated carbocycles. The van der Waals surface area contributed by atoms with E-state index in [1.165, 1.54) is 6.20 Å². The second kappa shape index (κ2) is 9.46. The van der Waals surface area contributed by atoms with Crippen LogP contribution in [-0.4, -0.2) is 94.8 Å². The maximum atomic E-state index is 14.1. The number of aliphatic imine (C=N–C) groups is 1. The molecule has 0 aromatic carbocycles. The van der Waals surface area contributed by atoms with Gasteiger partial charge < -0.3 is 24.4 Å². The zero-order chi connectivity index (χ0) is 26.6. The quantitative estimate of drug-likeness (QED) is 0.631. The van der Waals surface area contributed by atoms with Gasteiger partial charge in [0.2, 0.25) is 5.91 Å². The fourth-order valence-electron chi connectivity index (χ4n) is 6.45. The molecule has 2 bridgehead atoms. The van der Waals surface area contributed by atoms with Crippen LogP contribution >= 0.6 is 0 Å². The molecule has 3 saturated heterocycles. The molecule has 4 aliphatic rings. The van der Waals surface area contributed by atoms with E-state index in [-0.39, 0.29) is 36.0 Å². The number of aliphatic hydroxyl groups is 1. The molecule has 4 heterocycles. The summed E-state index contributed by atoms with van der Waals surface area (Å²) in [6.45, 7) is 5.18. The van der Waals surface area contributed by atoms with E-state index in [4.69, 9.17) is 14.5 Å². The van der Waals surface area contributed by atoms with E-state index in [9.17, 15) is 23.1 Å². The lowest BCUT2D eigenvalue weighted by atomic mass is 9.70. The summed E-state index contributed by atoms with van der Waals surface area (Å²) in [5.74, 6) is 0.0767. The van der Waals surface area contributed by atoms with Gasteiger partial charge in [0.25, 0.3) is 0 Å². The van der Waals surface area contributed by atoms with Crippen LogP contribution in [0.25, 0.3) is 0 Å². The number of hydrogen-bond acceptors (Lipinski definition) is 8. The SMILES string of the molecule is CO[C@@H]1COCCC1=N[C@@H]1CC[C@@](C(=O)N2C[C@@H]3C[C@H]2CN3c2cncc(C(F)(F)F)n2)(C(C)(C)O)C1. The molecule has 204 valence electrons. The number of carbonyl (C=O) groups excluding carboxylic acids is 1. The number of aromatic nitrogens is 2. The molecule has 0 spiro atoms. The Balaban J connectivity index is 1.32. The van der Waals surface area contributed by atoms with E-state index in [2.05, 4.69) is 9.97 Å². The molecule has 37 heavy (non-hydrogen) atoms. The second-order valence-corrected chi connectivity index (χ2v) is 11.1. The van der Waals surface area contributed by atoms with Crippen LogP contribution in [0.5, 0.6) is 0 Å². The maximum Gasteiger partial charge on any atom is 0.434 e. The fourth-order valence-corrected chi connectivity index (χ4v) is 6.45. The summed E-state index contributed by atoms with van der Waals surface area (Å²) in [7, 11) is 1.63. The van der Waals surface area contributed by atoms with Crippen LogP contribution in [0, 0.1) is 5.41 Å². The fraction of sp³-hybridized carbons (Fsp3) is 0.760. The molecule has 5 rings (SSSR count). The van der Waals surface area contributed by atoms with Crippen LogP contribution in [0.4, 0.5) is 19.0 Å². The zero-order valence-electron chi connectivity index (χ0n) is 21.4. The van der Waals surface area contributed by atoms with Crippen LogP contribution in [0.2, 0.25) is 0 Å². The number of methoxy groups -OCH3 is 1. The van der Waals surface area contributed by atoms with E-state index in [0.29, 0.717) is 58.4 Å². The third kappa shape index (κ3) is 4.72. The minimum atomic E-state index is -4.57. The molecule has 5 atom stereocenters. The van der Waals surface area contributed by atoms with Crippen molar-refractivity contribution in [1.29, 1.82) is 0 Å². The van der Waals surface area contributed by atoms with Crippen molar-refractivity contribution in [3.8, 4) is 0 Å². The Morgan fingerprint density at radius 3 is 2.70 bits per heavy atom. The van der Waals surface area contributed by atoms with Gasteiger partial charge in [0.1, 0.15) is 11.9 Å². The average molecular weight is 526 g/mol. The molecule has 1 aliphatic carbocycles. The number of halogens is 3. The number of rotatable bonds is 5. The molecular formula is C25H34F3N5O4. The van der Waals surface area contributed by atoms with Crippen molar-refractivity contribution >= 4 is 17.4 Å².